The highest BCUT2D eigenvalue weighted by atomic mass is 32.2. The molecule has 0 aromatic heterocycles. The quantitative estimate of drug-likeness (QED) is 0.326. The fourth-order valence-corrected chi connectivity index (χ4v) is 5.24. The van der Waals surface area contributed by atoms with E-state index in [0.717, 1.165) is 16.2 Å². The predicted octanol–water partition coefficient (Wildman–Crippen LogP) is 6.05. The molecule has 1 aliphatic rings. The topological polar surface area (TPSA) is 82.1 Å². The van der Waals surface area contributed by atoms with Crippen LogP contribution in [0.25, 0.3) is 0 Å². The van der Waals surface area contributed by atoms with Crippen molar-refractivity contribution in [3.8, 4) is 11.5 Å². The van der Waals surface area contributed by atoms with Crippen LogP contribution in [0.5, 0.6) is 11.5 Å². The van der Waals surface area contributed by atoms with E-state index in [9.17, 15) is 14.4 Å². The average molecular weight is 534 g/mol. The van der Waals surface area contributed by atoms with Crippen molar-refractivity contribution >= 4 is 35.3 Å². The lowest BCUT2D eigenvalue weighted by molar-refractivity contribution is -0.153. The SMILES string of the molecule is CCOC(=O)c1ccc2c(c1)N(CC(=O)OC(C)(C)C)C(=O)C(Cc1ccc(Oc3ccccc3)cc1)S2. The minimum absolute atomic E-state index is 0.223. The molecule has 1 aliphatic heterocycles. The van der Waals surface area contributed by atoms with Gasteiger partial charge in [-0.15, -0.1) is 11.8 Å². The summed E-state index contributed by atoms with van der Waals surface area (Å²) in [6.45, 7) is 7.05. The predicted molar refractivity (Wildman–Crippen MR) is 147 cm³/mol. The van der Waals surface area contributed by atoms with Crippen LogP contribution in [0.4, 0.5) is 5.69 Å². The standard InChI is InChI=1S/C30H31NO6S/c1-5-35-29(34)21-13-16-25-24(18-21)31(19-27(32)37-30(2,3)4)28(33)26(38-25)17-20-11-14-23(15-12-20)36-22-9-7-6-8-10-22/h6-16,18,26H,5,17,19H2,1-4H3. The molecule has 0 aliphatic carbocycles. The molecule has 1 unspecified atom stereocenters. The maximum atomic E-state index is 13.7. The molecule has 1 heterocycles. The normalized spacial score (nSPS) is 15.0. The van der Waals surface area contributed by atoms with Gasteiger partial charge in [-0.3, -0.25) is 14.5 Å². The largest absolute Gasteiger partial charge is 0.462 e. The van der Waals surface area contributed by atoms with Gasteiger partial charge in [0.1, 0.15) is 23.6 Å². The summed E-state index contributed by atoms with van der Waals surface area (Å²) in [6, 6.07) is 22.2. The summed E-state index contributed by atoms with van der Waals surface area (Å²) >= 11 is 1.42. The number of fused-ring (bicyclic) bond motifs is 1. The molecule has 7 nitrogen and oxygen atoms in total. The molecule has 0 saturated heterocycles. The third-order valence-electron chi connectivity index (χ3n) is 5.60. The van der Waals surface area contributed by atoms with Crippen LogP contribution in [0, 0.1) is 0 Å². The molecule has 3 aromatic rings. The van der Waals surface area contributed by atoms with Gasteiger partial charge in [0, 0.05) is 4.90 Å². The van der Waals surface area contributed by atoms with Crippen molar-refractivity contribution in [3.05, 3.63) is 83.9 Å². The van der Waals surface area contributed by atoms with Gasteiger partial charge in [0.25, 0.3) is 0 Å². The number of carbonyl (C=O) groups is 3. The Labute approximate surface area is 227 Å². The monoisotopic (exact) mass is 533 g/mol. The molecule has 0 bridgehead atoms. The highest BCUT2D eigenvalue weighted by Gasteiger charge is 2.36. The second-order valence-corrected chi connectivity index (χ2v) is 11.0. The number of nitrogens with zero attached hydrogens (tertiary/aromatic N) is 1. The summed E-state index contributed by atoms with van der Waals surface area (Å²) < 4.78 is 16.5. The first-order valence-electron chi connectivity index (χ1n) is 12.5. The van der Waals surface area contributed by atoms with Crippen molar-refractivity contribution in [2.45, 2.75) is 49.9 Å². The number of ether oxygens (including phenoxy) is 3. The van der Waals surface area contributed by atoms with E-state index in [-0.39, 0.29) is 19.1 Å². The lowest BCUT2D eigenvalue weighted by atomic mass is 10.1. The van der Waals surface area contributed by atoms with E-state index >= 15 is 0 Å². The van der Waals surface area contributed by atoms with Gasteiger partial charge in [-0.25, -0.2) is 4.79 Å². The van der Waals surface area contributed by atoms with Crippen LogP contribution in [-0.4, -0.2) is 41.8 Å². The van der Waals surface area contributed by atoms with E-state index in [1.54, 1.807) is 45.9 Å². The number of thioether (sulfide) groups is 1. The lowest BCUT2D eigenvalue weighted by Crippen LogP contribution is -2.46. The van der Waals surface area contributed by atoms with Gasteiger partial charge in [-0.2, -0.15) is 0 Å². The average Bonchev–Trinajstić information content (AvgIpc) is 2.87. The van der Waals surface area contributed by atoms with Crippen molar-refractivity contribution in [1.82, 2.24) is 0 Å². The second kappa shape index (κ2) is 11.7. The van der Waals surface area contributed by atoms with Crippen molar-refractivity contribution in [2.75, 3.05) is 18.1 Å². The molecule has 0 fully saturated rings. The number of hydrogen-bond donors (Lipinski definition) is 0. The molecule has 3 aromatic carbocycles. The van der Waals surface area contributed by atoms with Gasteiger partial charge in [0.05, 0.1) is 23.1 Å². The number of carbonyl (C=O) groups excluding carboxylic acids is 3. The van der Waals surface area contributed by atoms with E-state index in [0.29, 0.717) is 23.4 Å². The van der Waals surface area contributed by atoms with E-state index in [2.05, 4.69) is 0 Å². The molecule has 8 heteroatoms. The number of benzene rings is 3. The summed E-state index contributed by atoms with van der Waals surface area (Å²) in [6.07, 6.45) is 0.457. The maximum Gasteiger partial charge on any atom is 0.338 e. The van der Waals surface area contributed by atoms with Crippen LogP contribution in [0.2, 0.25) is 0 Å². The fraction of sp³-hybridized carbons (Fsp3) is 0.300. The third-order valence-corrected chi connectivity index (χ3v) is 6.85. The molecular formula is C30H31NO6S. The molecule has 0 saturated carbocycles. The highest BCUT2D eigenvalue weighted by Crippen LogP contribution is 2.41. The number of amides is 1. The van der Waals surface area contributed by atoms with Crippen LogP contribution in [0.15, 0.2) is 77.7 Å². The first-order valence-corrected chi connectivity index (χ1v) is 13.3. The summed E-state index contributed by atoms with van der Waals surface area (Å²) in [5.41, 5.74) is 1.09. The number of hydrogen-bond acceptors (Lipinski definition) is 7. The van der Waals surface area contributed by atoms with Gasteiger partial charge in [0.2, 0.25) is 5.91 Å². The Balaban J connectivity index is 1.56. The Morgan fingerprint density at radius 1 is 0.947 bits per heavy atom. The van der Waals surface area contributed by atoms with Crippen LogP contribution < -0.4 is 9.64 Å². The van der Waals surface area contributed by atoms with E-state index in [4.69, 9.17) is 14.2 Å². The molecule has 38 heavy (non-hydrogen) atoms. The zero-order valence-corrected chi connectivity index (χ0v) is 22.7. The first kappa shape index (κ1) is 27.3. The van der Waals surface area contributed by atoms with Gasteiger partial charge in [0.15, 0.2) is 0 Å². The molecule has 1 atom stereocenters. The Kier molecular flexibility index (Phi) is 8.42. The fourth-order valence-electron chi connectivity index (χ4n) is 3.99. The highest BCUT2D eigenvalue weighted by molar-refractivity contribution is 8.01. The van der Waals surface area contributed by atoms with Crippen molar-refractivity contribution in [1.29, 1.82) is 0 Å². The molecular weight excluding hydrogens is 502 g/mol. The third kappa shape index (κ3) is 6.95. The van der Waals surface area contributed by atoms with Crippen LogP contribution in [0.3, 0.4) is 0 Å². The van der Waals surface area contributed by atoms with E-state index in [1.807, 2.05) is 54.6 Å². The van der Waals surface area contributed by atoms with Gasteiger partial charge in [-0.05, 0) is 82.1 Å². The van der Waals surface area contributed by atoms with Crippen molar-refractivity contribution in [3.63, 3.8) is 0 Å². The number of rotatable bonds is 8. The molecule has 1 amide bonds. The molecule has 0 spiro atoms. The Morgan fingerprint density at radius 2 is 1.63 bits per heavy atom. The molecule has 0 N–H and O–H groups in total. The number of anilines is 1. The maximum absolute atomic E-state index is 13.7. The van der Waals surface area contributed by atoms with E-state index in [1.165, 1.54) is 16.7 Å². The van der Waals surface area contributed by atoms with Gasteiger partial charge < -0.3 is 14.2 Å². The zero-order chi connectivity index (χ0) is 27.3. The summed E-state index contributed by atoms with van der Waals surface area (Å²) in [5, 5.41) is -0.459. The molecule has 4 rings (SSSR count). The van der Waals surface area contributed by atoms with Crippen LogP contribution in [0.1, 0.15) is 43.6 Å². The van der Waals surface area contributed by atoms with Crippen LogP contribution >= 0.6 is 11.8 Å². The zero-order valence-electron chi connectivity index (χ0n) is 21.9. The summed E-state index contributed by atoms with van der Waals surface area (Å²) in [5.74, 6) is 0.219. The molecule has 198 valence electrons. The van der Waals surface area contributed by atoms with Gasteiger partial charge >= 0.3 is 11.9 Å². The molecule has 0 radical (unpaired) electrons. The Morgan fingerprint density at radius 3 is 2.29 bits per heavy atom. The van der Waals surface area contributed by atoms with Crippen molar-refractivity contribution in [2.24, 2.45) is 0 Å². The number of esters is 2. The minimum atomic E-state index is -0.691. The Bertz CT molecular complexity index is 1300. The van der Waals surface area contributed by atoms with Gasteiger partial charge in [-0.1, -0.05) is 30.3 Å². The summed E-state index contributed by atoms with van der Waals surface area (Å²) in [4.78, 5) is 41.0. The summed E-state index contributed by atoms with van der Waals surface area (Å²) in [7, 11) is 0. The van der Waals surface area contributed by atoms with E-state index < -0.39 is 22.8 Å². The van der Waals surface area contributed by atoms with Crippen molar-refractivity contribution < 1.29 is 28.6 Å². The van der Waals surface area contributed by atoms with Crippen LogP contribution in [-0.2, 0) is 25.5 Å². The minimum Gasteiger partial charge on any atom is -0.462 e. The first-order chi connectivity index (χ1) is 18.1. The number of para-hydroxylation sites is 1. The Hall–Kier alpha value is -3.78. The lowest BCUT2D eigenvalue weighted by Gasteiger charge is -2.34. The second-order valence-electron chi connectivity index (χ2n) is 9.78. The smallest absolute Gasteiger partial charge is 0.338 e.